The number of ether oxygens (including phenoxy) is 1. The highest BCUT2D eigenvalue weighted by atomic mass is 32.1. The lowest BCUT2D eigenvalue weighted by molar-refractivity contribution is -0.162. The van der Waals surface area contributed by atoms with E-state index in [1.165, 1.54) is 18.4 Å². The van der Waals surface area contributed by atoms with Crippen LogP contribution in [0.15, 0.2) is 47.8 Å². The van der Waals surface area contributed by atoms with Crippen LogP contribution in [0.5, 0.6) is 11.5 Å². The first-order chi connectivity index (χ1) is 19.0. The summed E-state index contributed by atoms with van der Waals surface area (Å²) in [5.41, 5.74) is 2.36. The third-order valence-electron chi connectivity index (χ3n) is 10.0. The molecule has 2 bridgehead atoms. The van der Waals surface area contributed by atoms with Crippen molar-refractivity contribution in [3.05, 3.63) is 64.7 Å². The molecule has 3 aromatic rings. The normalized spacial score (nSPS) is 30.9. The van der Waals surface area contributed by atoms with Crippen LogP contribution >= 0.6 is 11.3 Å². The average Bonchev–Trinajstić information content (AvgIpc) is 3.56. The van der Waals surface area contributed by atoms with Gasteiger partial charge in [-0.3, -0.25) is 9.69 Å². The molecule has 202 valence electrons. The van der Waals surface area contributed by atoms with E-state index in [-0.39, 0.29) is 24.1 Å². The Kier molecular flexibility index (Phi) is 5.23. The Bertz CT molecular complexity index is 1460. The smallest absolute Gasteiger partial charge is 0.228 e. The van der Waals surface area contributed by atoms with Gasteiger partial charge in [-0.05, 0) is 56.2 Å². The third kappa shape index (κ3) is 3.47. The molecule has 3 fully saturated rings. The lowest BCUT2D eigenvalue weighted by Crippen LogP contribution is -2.74. The Morgan fingerprint density at radius 2 is 1.97 bits per heavy atom. The van der Waals surface area contributed by atoms with Gasteiger partial charge in [-0.2, -0.15) is 0 Å². The van der Waals surface area contributed by atoms with E-state index in [9.17, 15) is 15.0 Å². The summed E-state index contributed by atoms with van der Waals surface area (Å²) >= 11 is 1.56. The number of thiazole rings is 1. The number of aliphatic hydroxyl groups is 1. The minimum Gasteiger partial charge on any atom is -0.504 e. The van der Waals surface area contributed by atoms with Crippen molar-refractivity contribution in [2.45, 2.75) is 61.7 Å². The molecule has 1 amide bonds. The zero-order chi connectivity index (χ0) is 26.4. The second-order valence-electron chi connectivity index (χ2n) is 12.1. The van der Waals surface area contributed by atoms with Crippen molar-refractivity contribution in [3.8, 4) is 22.1 Å². The second kappa shape index (κ2) is 8.53. The van der Waals surface area contributed by atoms with E-state index >= 15 is 0 Å². The molecule has 4 heterocycles. The van der Waals surface area contributed by atoms with Crippen LogP contribution in [0.3, 0.4) is 0 Å². The van der Waals surface area contributed by atoms with Crippen molar-refractivity contribution in [3.63, 3.8) is 0 Å². The van der Waals surface area contributed by atoms with Crippen LogP contribution in [-0.4, -0.2) is 74.8 Å². The SMILES string of the molecule is O=C(Cc1csc(-c2ccccc2)n1)N1CC[C@@]2(O)[C@H]3Cc4ccc(O)c5c4[C@@]2(CCN3CC2CC2)[C@H](C1)O5. The van der Waals surface area contributed by atoms with Gasteiger partial charge in [-0.15, -0.1) is 11.3 Å². The minimum absolute atomic E-state index is 0.00643. The summed E-state index contributed by atoms with van der Waals surface area (Å²) in [6.07, 6.45) is 4.41. The number of amides is 1. The number of carbonyl (C=O) groups excluding carboxylic acids is 1. The molecule has 8 heteroatoms. The highest BCUT2D eigenvalue weighted by Gasteiger charge is 2.71. The van der Waals surface area contributed by atoms with E-state index in [1.54, 1.807) is 17.4 Å². The number of aromatic hydroxyl groups is 1. The van der Waals surface area contributed by atoms with E-state index in [0.717, 1.165) is 53.7 Å². The topological polar surface area (TPSA) is 86.1 Å². The summed E-state index contributed by atoms with van der Waals surface area (Å²) < 4.78 is 6.54. The Hall–Kier alpha value is -2.94. The number of nitrogens with zero attached hydrogens (tertiary/aromatic N) is 3. The van der Waals surface area contributed by atoms with Crippen molar-refractivity contribution in [1.29, 1.82) is 0 Å². The zero-order valence-corrected chi connectivity index (χ0v) is 22.7. The molecule has 3 aliphatic heterocycles. The van der Waals surface area contributed by atoms with Gasteiger partial charge in [0.2, 0.25) is 5.91 Å². The van der Waals surface area contributed by atoms with Crippen LogP contribution in [0, 0.1) is 5.92 Å². The quantitative estimate of drug-likeness (QED) is 0.510. The van der Waals surface area contributed by atoms with E-state index in [2.05, 4.69) is 4.90 Å². The number of piperidine rings is 1. The van der Waals surface area contributed by atoms with Crippen LogP contribution in [0.25, 0.3) is 10.6 Å². The fourth-order valence-corrected chi connectivity index (χ4v) is 8.82. The van der Waals surface area contributed by atoms with Gasteiger partial charge in [0.25, 0.3) is 0 Å². The standard InChI is InChI=1S/C31H33N3O4S/c35-23-9-8-21-14-24-31(37)11-13-34(26(36)15-22-18-39-29(32-22)20-4-2-1-3-5-20)17-25-30(31,27(21)28(23)38-25)10-12-33(24)16-19-6-7-19/h1-5,8-9,18-19,24-25,35,37H,6-7,10-17H2/t24-,25+,30-,31-/m1/s1. The van der Waals surface area contributed by atoms with Gasteiger partial charge >= 0.3 is 0 Å². The summed E-state index contributed by atoms with van der Waals surface area (Å²) in [7, 11) is 0. The van der Waals surface area contributed by atoms with Gasteiger partial charge in [0.05, 0.1) is 29.7 Å². The van der Waals surface area contributed by atoms with Gasteiger partial charge in [0.1, 0.15) is 11.1 Å². The number of aromatic nitrogens is 1. The average molecular weight is 544 g/mol. The monoisotopic (exact) mass is 543 g/mol. The molecule has 2 N–H and O–H groups in total. The highest BCUT2D eigenvalue weighted by Crippen LogP contribution is 2.63. The molecule has 1 saturated carbocycles. The van der Waals surface area contributed by atoms with Gasteiger partial charge in [0.15, 0.2) is 11.5 Å². The van der Waals surface area contributed by atoms with Crippen molar-refractivity contribution in [2.75, 3.05) is 26.2 Å². The van der Waals surface area contributed by atoms with Crippen LogP contribution in [0.1, 0.15) is 42.5 Å². The first-order valence-electron chi connectivity index (χ1n) is 14.2. The van der Waals surface area contributed by atoms with Crippen LogP contribution in [-0.2, 0) is 23.1 Å². The van der Waals surface area contributed by atoms with Crippen molar-refractivity contribution < 1.29 is 19.7 Å². The minimum atomic E-state index is -1.02. The van der Waals surface area contributed by atoms with Crippen LogP contribution < -0.4 is 4.74 Å². The molecular formula is C31H33N3O4S. The number of phenols is 1. The molecule has 8 rings (SSSR count). The zero-order valence-electron chi connectivity index (χ0n) is 21.9. The number of likely N-dealkylation sites (tertiary alicyclic amines) is 2. The molecule has 7 nitrogen and oxygen atoms in total. The number of rotatable bonds is 5. The summed E-state index contributed by atoms with van der Waals surface area (Å²) in [5.74, 6) is 1.39. The van der Waals surface area contributed by atoms with Crippen molar-refractivity contribution >= 4 is 17.2 Å². The molecule has 2 aliphatic carbocycles. The van der Waals surface area contributed by atoms with Crippen molar-refractivity contribution in [2.24, 2.45) is 5.92 Å². The highest BCUT2D eigenvalue weighted by molar-refractivity contribution is 7.13. The van der Waals surface area contributed by atoms with Crippen LogP contribution in [0.4, 0.5) is 0 Å². The first-order valence-corrected chi connectivity index (χ1v) is 15.1. The van der Waals surface area contributed by atoms with E-state index in [0.29, 0.717) is 25.3 Å². The Morgan fingerprint density at radius 1 is 1.13 bits per heavy atom. The number of carbonyl (C=O) groups is 1. The summed E-state index contributed by atoms with van der Waals surface area (Å²) in [4.78, 5) is 22.9. The fourth-order valence-electron chi connectivity index (χ4n) is 8.00. The molecular weight excluding hydrogens is 510 g/mol. The largest absolute Gasteiger partial charge is 0.504 e. The number of hydrogen-bond donors (Lipinski definition) is 2. The van der Waals surface area contributed by atoms with Gasteiger partial charge in [0, 0.05) is 35.6 Å². The summed E-state index contributed by atoms with van der Waals surface area (Å²) in [6.45, 7) is 2.83. The molecule has 0 radical (unpaired) electrons. The first kappa shape index (κ1) is 23.9. The predicted octanol–water partition coefficient (Wildman–Crippen LogP) is 3.76. The third-order valence-corrected chi connectivity index (χ3v) is 11.0. The Balaban J connectivity index is 1.12. The molecule has 2 saturated heterocycles. The number of hydrogen-bond acceptors (Lipinski definition) is 7. The molecule has 0 unspecified atom stereocenters. The fraction of sp³-hybridized carbons (Fsp3) is 0.484. The molecule has 5 aliphatic rings. The van der Waals surface area contributed by atoms with Crippen LogP contribution in [0.2, 0.25) is 0 Å². The number of phenolic OH excluding ortho intramolecular Hbond substituents is 1. The molecule has 1 aromatic heterocycles. The van der Waals surface area contributed by atoms with Gasteiger partial charge in [-0.1, -0.05) is 36.4 Å². The van der Waals surface area contributed by atoms with Gasteiger partial charge in [-0.25, -0.2) is 4.98 Å². The maximum Gasteiger partial charge on any atom is 0.228 e. The predicted molar refractivity (Wildman–Crippen MR) is 148 cm³/mol. The molecule has 39 heavy (non-hydrogen) atoms. The maximum atomic E-state index is 13.7. The Morgan fingerprint density at radius 3 is 2.79 bits per heavy atom. The second-order valence-corrected chi connectivity index (χ2v) is 13.0. The lowest BCUT2D eigenvalue weighted by atomic mass is 9.52. The van der Waals surface area contributed by atoms with E-state index in [4.69, 9.17) is 9.72 Å². The maximum absolute atomic E-state index is 13.7. The molecule has 4 atom stereocenters. The van der Waals surface area contributed by atoms with E-state index < -0.39 is 17.1 Å². The van der Waals surface area contributed by atoms with E-state index in [1.807, 2.05) is 46.7 Å². The Labute approximate surface area is 232 Å². The molecule has 1 spiro atoms. The van der Waals surface area contributed by atoms with Gasteiger partial charge < -0.3 is 19.8 Å². The lowest BCUT2D eigenvalue weighted by Gasteiger charge is -2.60. The molecule has 2 aromatic carbocycles. The summed E-state index contributed by atoms with van der Waals surface area (Å²) in [5, 5.41) is 26.4. The van der Waals surface area contributed by atoms with Crippen molar-refractivity contribution in [1.82, 2.24) is 14.8 Å². The summed E-state index contributed by atoms with van der Waals surface area (Å²) in [6, 6.07) is 13.8. The number of benzene rings is 2.